The van der Waals surface area contributed by atoms with Crippen molar-refractivity contribution >= 4 is 34.1 Å². The van der Waals surface area contributed by atoms with E-state index < -0.39 is 18.0 Å². The molecule has 11 heteroatoms. The molecule has 4 heterocycles. The summed E-state index contributed by atoms with van der Waals surface area (Å²) in [5.74, 6) is 0.170. The van der Waals surface area contributed by atoms with Crippen molar-refractivity contribution in [1.29, 1.82) is 0 Å². The molecular weight excluding hydrogens is 457 g/mol. The molecule has 2 aliphatic heterocycles. The Kier molecular flexibility index (Phi) is 6.27. The number of carbonyl (C=O) groups excluding carboxylic acids is 1. The molecule has 3 aromatic rings. The maximum Gasteiger partial charge on any atom is 0.413 e. The third kappa shape index (κ3) is 4.40. The molecule has 1 amide bonds. The van der Waals surface area contributed by atoms with Crippen molar-refractivity contribution in [3.05, 3.63) is 35.9 Å². The second kappa shape index (κ2) is 9.51. The van der Waals surface area contributed by atoms with Crippen molar-refractivity contribution < 1.29 is 28.1 Å². The van der Waals surface area contributed by atoms with Gasteiger partial charge in [0.25, 0.3) is 0 Å². The number of amides is 1. The van der Waals surface area contributed by atoms with Crippen LogP contribution in [0, 0.1) is 12.7 Å². The number of anilines is 3. The molecule has 1 fully saturated rings. The van der Waals surface area contributed by atoms with Gasteiger partial charge >= 0.3 is 6.09 Å². The highest BCUT2D eigenvalue weighted by Gasteiger charge is 2.29. The molecule has 4 N–H and O–H groups in total. The zero-order chi connectivity index (χ0) is 24.5. The zero-order valence-corrected chi connectivity index (χ0v) is 19.4. The summed E-state index contributed by atoms with van der Waals surface area (Å²) in [5, 5.41) is 6.92. The van der Waals surface area contributed by atoms with E-state index in [4.69, 9.17) is 24.7 Å². The summed E-state index contributed by atoms with van der Waals surface area (Å²) in [5.41, 5.74) is 8.51. The largest absolute Gasteiger partial charge is 0.474 e. The van der Waals surface area contributed by atoms with Crippen molar-refractivity contribution in [2.24, 2.45) is 0 Å². The summed E-state index contributed by atoms with van der Waals surface area (Å²) in [4.78, 5) is 21.0. The molecule has 0 spiro atoms. The maximum atomic E-state index is 15.3. The number of benzene rings is 1. The number of fused-ring (bicyclic) bond motifs is 2. The number of nitrogens with one attached hydrogen (secondary N) is 2. The Labute approximate surface area is 200 Å². The van der Waals surface area contributed by atoms with Gasteiger partial charge in [-0.1, -0.05) is 0 Å². The van der Waals surface area contributed by atoms with E-state index in [2.05, 4.69) is 20.6 Å². The topological polar surface area (TPSA) is 130 Å². The van der Waals surface area contributed by atoms with E-state index in [0.29, 0.717) is 60.6 Å². The molecule has 2 aliphatic rings. The van der Waals surface area contributed by atoms with Crippen LogP contribution in [0.15, 0.2) is 24.5 Å². The number of rotatable bonds is 4. The molecule has 0 bridgehead atoms. The van der Waals surface area contributed by atoms with Crippen LogP contribution in [-0.2, 0) is 14.2 Å². The summed E-state index contributed by atoms with van der Waals surface area (Å²) < 4.78 is 37.1. The molecule has 1 saturated heterocycles. The van der Waals surface area contributed by atoms with Crippen LogP contribution < -0.4 is 21.1 Å². The van der Waals surface area contributed by atoms with Gasteiger partial charge in [-0.15, -0.1) is 0 Å². The minimum atomic E-state index is -0.665. The number of ether oxygens (including phenoxy) is 4. The fourth-order valence-electron chi connectivity index (χ4n) is 4.37. The van der Waals surface area contributed by atoms with Crippen LogP contribution in [0.5, 0.6) is 5.88 Å². The molecule has 2 aromatic heterocycles. The van der Waals surface area contributed by atoms with Crippen LogP contribution in [0.1, 0.15) is 12.0 Å². The van der Waals surface area contributed by atoms with Crippen LogP contribution in [-0.4, -0.2) is 61.7 Å². The lowest BCUT2D eigenvalue weighted by molar-refractivity contribution is -0.103. The van der Waals surface area contributed by atoms with E-state index in [1.165, 1.54) is 6.20 Å². The van der Waals surface area contributed by atoms with Gasteiger partial charge in [0.05, 0.1) is 18.9 Å². The fourth-order valence-corrected chi connectivity index (χ4v) is 4.37. The predicted octanol–water partition coefficient (Wildman–Crippen LogP) is 3.48. The van der Waals surface area contributed by atoms with Crippen LogP contribution in [0.25, 0.3) is 21.9 Å². The summed E-state index contributed by atoms with van der Waals surface area (Å²) in [7, 11) is 1.54. The highest BCUT2D eigenvalue weighted by molar-refractivity contribution is 5.99. The molecule has 0 radical (unpaired) electrons. The van der Waals surface area contributed by atoms with Gasteiger partial charge in [0.15, 0.2) is 5.82 Å². The van der Waals surface area contributed by atoms with E-state index in [0.717, 1.165) is 11.3 Å². The highest BCUT2D eigenvalue weighted by Crippen LogP contribution is 2.39. The van der Waals surface area contributed by atoms with Crippen LogP contribution >= 0.6 is 0 Å². The van der Waals surface area contributed by atoms with Crippen molar-refractivity contribution in [3.63, 3.8) is 0 Å². The van der Waals surface area contributed by atoms with E-state index in [-0.39, 0.29) is 17.6 Å². The second-order valence-corrected chi connectivity index (χ2v) is 8.40. The number of pyridine rings is 2. The number of nitrogens with two attached hydrogens (primary N) is 1. The fraction of sp³-hybridized carbons (Fsp3) is 0.375. The Morgan fingerprint density at radius 2 is 2.09 bits per heavy atom. The summed E-state index contributed by atoms with van der Waals surface area (Å²) >= 11 is 0. The smallest absolute Gasteiger partial charge is 0.413 e. The number of nitrogens with zero attached hydrogens (tertiary/aromatic N) is 2. The van der Waals surface area contributed by atoms with Gasteiger partial charge in [-0.2, -0.15) is 0 Å². The summed E-state index contributed by atoms with van der Waals surface area (Å²) in [6.45, 7) is 3.86. The van der Waals surface area contributed by atoms with Gasteiger partial charge < -0.3 is 30.0 Å². The van der Waals surface area contributed by atoms with Crippen molar-refractivity contribution in [3.8, 4) is 17.0 Å². The highest BCUT2D eigenvalue weighted by atomic mass is 19.1. The lowest BCUT2D eigenvalue weighted by Crippen LogP contribution is -2.42. The standard InChI is InChI=1S/C24H26FN5O5/c1-12-15(9-29-23-22(12)27-4-6-34-23)14-7-13-8-19(28-10-16(13)21(26)20(14)25)30-24(31)35-17-3-5-33-11-18(17)32-2/h7-10,17-18,27H,3-6,11,26H2,1-2H3,(H,28,30,31)/t17-,18-/m1/s1. The van der Waals surface area contributed by atoms with E-state index in [9.17, 15) is 4.79 Å². The van der Waals surface area contributed by atoms with Crippen molar-refractivity contribution in [1.82, 2.24) is 9.97 Å². The molecule has 35 heavy (non-hydrogen) atoms. The Morgan fingerprint density at radius 3 is 2.91 bits per heavy atom. The maximum absolute atomic E-state index is 15.3. The Morgan fingerprint density at radius 1 is 1.23 bits per heavy atom. The first-order valence-electron chi connectivity index (χ1n) is 11.3. The van der Waals surface area contributed by atoms with Gasteiger partial charge in [-0.3, -0.25) is 5.32 Å². The number of hydrogen-bond donors (Lipinski definition) is 3. The molecule has 10 nitrogen and oxygen atoms in total. The van der Waals surface area contributed by atoms with Crippen molar-refractivity contribution in [2.75, 3.05) is 49.8 Å². The van der Waals surface area contributed by atoms with E-state index in [1.807, 2.05) is 6.92 Å². The first-order chi connectivity index (χ1) is 17.0. The summed E-state index contributed by atoms with van der Waals surface area (Å²) in [6.07, 6.45) is 2.10. The number of aromatic nitrogens is 2. The van der Waals surface area contributed by atoms with Crippen molar-refractivity contribution in [2.45, 2.75) is 25.6 Å². The molecule has 5 rings (SSSR count). The van der Waals surface area contributed by atoms with Gasteiger partial charge in [0.2, 0.25) is 5.88 Å². The van der Waals surface area contributed by atoms with Crippen LogP contribution in [0.4, 0.5) is 26.4 Å². The Hall–Kier alpha value is -3.70. The third-order valence-electron chi connectivity index (χ3n) is 6.27. The normalized spacial score (nSPS) is 19.4. The van der Waals surface area contributed by atoms with Crippen LogP contribution in [0.2, 0.25) is 0 Å². The SMILES string of the molecule is CO[C@@H]1COCC[C@H]1OC(=O)Nc1cc2cc(-c3cnc4c(c3C)NCCO4)c(F)c(N)c2cn1. The first kappa shape index (κ1) is 23.1. The average Bonchev–Trinajstić information content (AvgIpc) is 2.87. The molecule has 1 aromatic carbocycles. The lowest BCUT2D eigenvalue weighted by atomic mass is 9.97. The van der Waals surface area contributed by atoms with E-state index in [1.54, 1.807) is 25.4 Å². The Balaban J connectivity index is 1.44. The monoisotopic (exact) mass is 483 g/mol. The van der Waals surface area contributed by atoms with Crippen LogP contribution in [0.3, 0.4) is 0 Å². The molecule has 184 valence electrons. The number of methoxy groups -OCH3 is 1. The van der Waals surface area contributed by atoms with Gasteiger partial charge in [0.1, 0.15) is 30.3 Å². The van der Waals surface area contributed by atoms with E-state index >= 15 is 4.39 Å². The number of carbonyl (C=O) groups is 1. The average molecular weight is 484 g/mol. The lowest BCUT2D eigenvalue weighted by Gasteiger charge is -2.29. The molecule has 0 saturated carbocycles. The third-order valence-corrected chi connectivity index (χ3v) is 6.27. The minimum Gasteiger partial charge on any atom is -0.474 e. The quantitative estimate of drug-likeness (QED) is 0.478. The molecule has 0 aliphatic carbocycles. The second-order valence-electron chi connectivity index (χ2n) is 8.40. The number of hydrogen-bond acceptors (Lipinski definition) is 9. The first-order valence-corrected chi connectivity index (χ1v) is 11.3. The molecule has 2 atom stereocenters. The minimum absolute atomic E-state index is 0.0365. The van der Waals surface area contributed by atoms with Gasteiger partial charge in [-0.25, -0.2) is 19.2 Å². The Bertz CT molecular complexity index is 1290. The van der Waals surface area contributed by atoms with Gasteiger partial charge in [-0.05, 0) is 30.0 Å². The van der Waals surface area contributed by atoms with Gasteiger partial charge in [0, 0.05) is 49.0 Å². The number of nitrogen functional groups attached to an aromatic ring is 1. The predicted molar refractivity (Wildman–Crippen MR) is 128 cm³/mol. The zero-order valence-electron chi connectivity index (χ0n) is 19.4. The number of halogens is 1. The molecular formula is C24H26FN5O5. The summed E-state index contributed by atoms with van der Waals surface area (Å²) in [6, 6.07) is 3.29. The molecule has 0 unspecified atom stereocenters.